The number of anilines is 1. The fraction of sp³-hybridized carbons (Fsp3) is 0.417. The van der Waals surface area contributed by atoms with E-state index in [0.717, 1.165) is 5.56 Å². The van der Waals surface area contributed by atoms with Crippen molar-refractivity contribution >= 4 is 17.9 Å². The molecule has 1 aromatic rings. The van der Waals surface area contributed by atoms with Gasteiger partial charge in [0.1, 0.15) is 0 Å². The molecule has 0 saturated carbocycles. The van der Waals surface area contributed by atoms with Crippen molar-refractivity contribution in [2.24, 2.45) is 0 Å². The summed E-state index contributed by atoms with van der Waals surface area (Å²) in [7, 11) is 1.33. The molecule has 100 valence electrons. The molecule has 1 atom stereocenters. The molecule has 3 rings (SSSR count). The lowest BCUT2D eigenvalue weighted by Gasteiger charge is -2.34. The summed E-state index contributed by atoms with van der Waals surface area (Å²) < 4.78 is 10.2. The largest absolute Gasteiger partial charge is 0.453 e. The molecule has 7 nitrogen and oxygen atoms in total. The van der Waals surface area contributed by atoms with Crippen LogP contribution in [-0.2, 0) is 15.1 Å². The molecular weight excluding hydrogens is 250 g/mol. The minimum Gasteiger partial charge on any atom is -0.453 e. The Kier molecular flexibility index (Phi) is 2.55. The van der Waals surface area contributed by atoms with Gasteiger partial charge in [-0.2, -0.15) is 0 Å². The molecule has 19 heavy (non-hydrogen) atoms. The van der Waals surface area contributed by atoms with Gasteiger partial charge in [-0.1, -0.05) is 0 Å². The second kappa shape index (κ2) is 4.11. The lowest BCUT2D eigenvalue weighted by molar-refractivity contribution is 0.0185. The summed E-state index contributed by atoms with van der Waals surface area (Å²) in [5, 5.41) is 2.61. The van der Waals surface area contributed by atoms with Gasteiger partial charge in [-0.3, -0.25) is 10.3 Å². The van der Waals surface area contributed by atoms with Crippen molar-refractivity contribution in [3.63, 3.8) is 0 Å². The zero-order valence-electron chi connectivity index (χ0n) is 10.4. The Morgan fingerprint density at radius 2 is 2.47 bits per heavy atom. The fourth-order valence-corrected chi connectivity index (χ4v) is 2.63. The van der Waals surface area contributed by atoms with E-state index < -0.39 is 17.8 Å². The van der Waals surface area contributed by atoms with E-state index >= 15 is 0 Å². The molecule has 3 heterocycles. The smallest absolute Gasteiger partial charge is 0.412 e. The van der Waals surface area contributed by atoms with Crippen LogP contribution in [0.5, 0.6) is 0 Å². The second-order valence-corrected chi connectivity index (χ2v) is 4.57. The number of nitrogens with zero attached hydrogens (tertiary/aromatic N) is 2. The molecule has 1 fully saturated rings. The van der Waals surface area contributed by atoms with Crippen LogP contribution in [0.15, 0.2) is 18.5 Å². The second-order valence-electron chi connectivity index (χ2n) is 4.57. The Labute approximate surface area is 109 Å². The van der Waals surface area contributed by atoms with Crippen molar-refractivity contribution in [2.45, 2.75) is 12.0 Å². The summed E-state index contributed by atoms with van der Waals surface area (Å²) in [5.41, 5.74) is 0.674. The number of fused-ring (bicyclic) bond motifs is 2. The van der Waals surface area contributed by atoms with Crippen LogP contribution in [0, 0.1) is 0 Å². The number of aromatic nitrogens is 1. The minimum atomic E-state index is -0.797. The number of ether oxygens (including phenoxy) is 2. The van der Waals surface area contributed by atoms with Gasteiger partial charge in [0.2, 0.25) is 0 Å². The number of hydrogen-bond acceptors (Lipinski definition) is 5. The van der Waals surface area contributed by atoms with E-state index in [2.05, 4.69) is 10.3 Å². The molecule has 1 spiro atoms. The number of rotatable bonds is 0. The van der Waals surface area contributed by atoms with Gasteiger partial charge in [0.25, 0.3) is 0 Å². The maximum Gasteiger partial charge on any atom is 0.412 e. The molecule has 0 aliphatic carbocycles. The Bertz CT molecular complexity index is 548. The minimum absolute atomic E-state index is 0.296. The highest BCUT2D eigenvalue weighted by Crippen LogP contribution is 2.42. The number of methoxy groups -OCH3 is 1. The highest BCUT2D eigenvalue weighted by Gasteiger charge is 2.48. The first-order chi connectivity index (χ1) is 9.14. The number of carbonyl (C=O) groups excluding carboxylic acids is 2. The van der Waals surface area contributed by atoms with E-state index in [1.807, 2.05) is 0 Å². The molecule has 2 amide bonds. The third-order valence-electron chi connectivity index (χ3n) is 3.50. The summed E-state index contributed by atoms with van der Waals surface area (Å²) in [6.45, 7) is 0.784. The van der Waals surface area contributed by atoms with Gasteiger partial charge in [-0.25, -0.2) is 9.59 Å². The normalized spacial score (nSPS) is 24.7. The molecule has 7 heteroatoms. The van der Waals surface area contributed by atoms with Crippen LogP contribution in [0.4, 0.5) is 15.3 Å². The first kappa shape index (κ1) is 11.8. The number of nitrogens with one attached hydrogen (secondary N) is 1. The molecule has 1 N–H and O–H groups in total. The first-order valence-electron chi connectivity index (χ1n) is 5.92. The summed E-state index contributed by atoms with van der Waals surface area (Å²) in [4.78, 5) is 28.7. The molecular formula is C12H13N3O4. The average Bonchev–Trinajstić information content (AvgIpc) is 2.82. The molecule has 0 bridgehead atoms. The third kappa shape index (κ3) is 1.78. The van der Waals surface area contributed by atoms with E-state index in [-0.39, 0.29) is 0 Å². The van der Waals surface area contributed by atoms with Crippen LogP contribution in [-0.4, -0.2) is 42.3 Å². The van der Waals surface area contributed by atoms with Crippen LogP contribution in [0.25, 0.3) is 0 Å². The van der Waals surface area contributed by atoms with Gasteiger partial charge < -0.3 is 14.4 Å². The van der Waals surface area contributed by atoms with E-state index in [0.29, 0.717) is 25.2 Å². The summed E-state index contributed by atoms with van der Waals surface area (Å²) >= 11 is 0. The van der Waals surface area contributed by atoms with Gasteiger partial charge in [-0.15, -0.1) is 0 Å². The molecule has 1 unspecified atom stereocenters. The van der Waals surface area contributed by atoms with Crippen molar-refractivity contribution in [3.05, 3.63) is 24.0 Å². The predicted octanol–water partition coefficient (Wildman–Crippen LogP) is 1.31. The Hall–Kier alpha value is -2.31. The van der Waals surface area contributed by atoms with E-state index in [1.54, 1.807) is 18.5 Å². The highest BCUT2D eigenvalue weighted by molar-refractivity contribution is 5.88. The fourth-order valence-electron chi connectivity index (χ4n) is 2.63. The Morgan fingerprint density at radius 3 is 3.26 bits per heavy atom. The maximum atomic E-state index is 11.6. The zero-order valence-corrected chi connectivity index (χ0v) is 10.4. The van der Waals surface area contributed by atoms with Crippen LogP contribution >= 0.6 is 0 Å². The Balaban J connectivity index is 1.97. The van der Waals surface area contributed by atoms with Gasteiger partial charge in [0, 0.05) is 24.7 Å². The van der Waals surface area contributed by atoms with Crippen LogP contribution in [0.3, 0.4) is 0 Å². The van der Waals surface area contributed by atoms with Crippen LogP contribution in [0.1, 0.15) is 12.0 Å². The first-order valence-corrected chi connectivity index (χ1v) is 5.92. The van der Waals surface area contributed by atoms with Crippen molar-refractivity contribution in [1.82, 2.24) is 9.88 Å². The predicted molar refractivity (Wildman–Crippen MR) is 64.6 cm³/mol. The molecule has 2 aliphatic rings. The Morgan fingerprint density at radius 1 is 1.63 bits per heavy atom. The van der Waals surface area contributed by atoms with Crippen molar-refractivity contribution < 1.29 is 19.1 Å². The SMILES string of the molecule is COC(=O)N1CCC2(C1)OC(=O)Nc1cnccc12. The number of likely N-dealkylation sites (tertiary alicyclic amines) is 1. The average molecular weight is 263 g/mol. The monoisotopic (exact) mass is 263 g/mol. The van der Waals surface area contributed by atoms with Crippen LogP contribution < -0.4 is 5.32 Å². The number of carbonyl (C=O) groups is 2. The topological polar surface area (TPSA) is 80.8 Å². The van der Waals surface area contributed by atoms with Gasteiger partial charge >= 0.3 is 12.2 Å². The summed E-state index contributed by atoms with van der Waals surface area (Å²) in [6.07, 6.45) is 2.84. The lowest BCUT2D eigenvalue weighted by Crippen LogP contribution is -2.42. The van der Waals surface area contributed by atoms with Crippen molar-refractivity contribution in [2.75, 3.05) is 25.5 Å². The molecule has 2 aliphatic heterocycles. The molecule has 1 saturated heterocycles. The van der Waals surface area contributed by atoms with E-state index in [9.17, 15) is 9.59 Å². The van der Waals surface area contributed by atoms with E-state index in [4.69, 9.17) is 9.47 Å². The quantitative estimate of drug-likeness (QED) is 0.763. The van der Waals surface area contributed by atoms with Gasteiger partial charge in [0.15, 0.2) is 5.60 Å². The number of amides is 2. The standard InChI is InChI=1S/C12H13N3O4/c1-18-11(17)15-5-3-12(7-15)8-2-4-13-6-9(8)14-10(16)19-12/h2,4,6H,3,5,7H2,1H3,(H,14,16). The maximum absolute atomic E-state index is 11.6. The molecule has 0 radical (unpaired) electrons. The van der Waals surface area contributed by atoms with Gasteiger partial charge in [0.05, 0.1) is 25.5 Å². The van der Waals surface area contributed by atoms with Crippen LogP contribution in [0.2, 0.25) is 0 Å². The molecule has 0 aromatic carbocycles. The summed E-state index contributed by atoms with van der Waals surface area (Å²) in [6, 6.07) is 1.80. The highest BCUT2D eigenvalue weighted by atomic mass is 16.6. The van der Waals surface area contributed by atoms with Gasteiger partial charge in [-0.05, 0) is 6.07 Å². The van der Waals surface area contributed by atoms with Crippen molar-refractivity contribution in [1.29, 1.82) is 0 Å². The van der Waals surface area contributed by atoms with E-state index in [1.165, 1.54) is 12.0 Å². The number of hydrogen-bond donors (Lipinski definition) is 1. The third-order valence-corrected chi connectivity index (χ3v) is 3.50. The lowest BCUT2D eigenvalue weighted by atomic mass is 9.91. The molecule has 1 aromatic heterocycles. The summed E-state index contributed by atoms with van der Waals surface area (Å²) in [5.74, 6) is 0. The zero-order chi connectivity index (χ0) is 13.5. The van der Waals surface area contributed by atoms with Crippen molar-refractivity contribution in [3.8, 4) is 0 Å². The number of pyridine rings is 1.